The number of amides is 1. The molecule has 5 rings (SSSR count). The maximum Gasteiger partial charge on any atom is 0.328 e. The molecule has 10 nitrogen and oxygen atoms in total. The molecule has 3 heterocycles. The van der Waals surface area contributed by atoms with Crippen LogP contribution < -0.4 is 10.9 Å². The number of tetrazole rings is 1. The van der Waals surface area contributed by atoms with Crippen LogP contribution in [-0.2, 0) is 13.0 Å². The molecule has 0 saturated heterocycles. The lowest BCUT2D eigenvalue weighted by atomic mass is 9.98. The van der Waals surface area contributed by atoms with Crippen molar-refractivity contribution in [3.05, 3.63) is 82.5 Å². The summed E-state index contributed by atoms with van der Waals surface area (Å²) in [4.78, 5) is 31.2. The number of carbonyl (C=O) groups excluding carboxylic acids is 1. The molecule has 0 atom stereocenters. The first-order valence-electron chi connectivity index (χ1n) is 13.1. The van der Waals surface area contributed by atoms with Crippen LogP contribution in [-0.4, -0.2) is 46.3 Å². The SMILES string of the molecule is CCCCc1nc2ccn(C(=O)NC(C)(C)C)c(=O)c2n1Cc1ccc(-c2ccccc2-c2nn[nH]n2)cc1. The van der Waals surface area contributed by atoms with Gasteiger partial charge in [0.15, 0.2) is 0 Å². The second-order valence-corrected chi connectivity index (χ2v) is 10.6. The number of aryl methyl sites for hydroxylation is 1. The van der Waals surface area contributed by atoms with E-state index in [4.69, 9.17) is 4.98 Å². The van der Waals surface area contributed by atoms with Crippen molar-refractivity contribution >= 4 is 17.1 Å². The van der Waals surface area contributed by atoms with E-state index < -0.39 is 11.6 Å². The average Bonchev–Trinajstić information content (AvgIpc) is 3.56. The molecule has 0 saturated carbocycles. The van der Waals surface area contributed by atoms with Gasteiger partial charge in [0.25, 0.3) is 5.56 Å². The Morgan fingerprint density at radius 1 is 1.03 bits per heavy atom. The summed E-state index contributed by atoms with van der Waals surface area (Å²) in [5.41, 5.74) is 4.09. The second-order valence-electron chi connectivity index (χ2n) is 10.6. The highest BCUT2D eigenvalue weighted by Gasteiger charge is 2.21. The number of pyridine rings is 1. The number of rotatable bonds is 7. The van der Waals surface area contributed by atoms with Crippen molar-refractivity contribution in [1.82, 2.24) is 40.1 Å². The number of benzene rings is 2. The highest BCUT2D eigenvalue weighted by molar-refractivity contribution is 5.83. The molecule has 39 heavy (non-hydrogen) atoms. The molecular formula is C29H32N8O2. The largest absolute Gasteiger partial charge is 0.333 e. The topological polar surface area (TPSA) is 123 Å². The number of fused-ring (bicyclic) bond motifs is 1. The lowest BCUT2D eigenvalue weighted by Gasteiger charge is -2.20. The fraction of sp³-hybridized carbons (Fsp3) is 0.310. The molecule has 3 aromatic heterocycles. The Bertz CT molecular complexity index is 1660. The van der Waals surface area contributed by atoms with Gasteiger partial charge in [-0.15, -0.1) is 10.2 Å². The van der Waals surface area contributed by atoms with Crippen LogP contribution in [0.3, 0.4) is 0 Å². The number of nitrogens with zero attached hydrogens (tertiary/aromatic N) is 6. The van der Waals surface area contributed by atoms with Crippen LogP contribution >= 0.6 is 0 Å². The van der Waals surface area contributed by atoms with Gasteiger partial charge in [-0.3, -0.25) is 4.79 Å². The second kappa shape index (κ2) is 10.6. The lowest BCUT2D eigenvalue weighted by Crippen LogP contribution is -2.46. The lowest BCUT2D eigenvalue weighted by molar-refractivity contribution is 0.233. The van der Waals surface area contributed by atoms with E-state index >= 15 is 0 Å². The van der Waals surface area contributed by atoms with Crippen LogP contribution in [0.25, 0.3) is 33.5 Å². The smallest absolute Gasteiger partial charge is 0.328 e. The minimum Gasteiger partial charge on any atom is -0.333 e. The van der Waals surface area contributed by atoms with Crippen LogP contribution in [0.15, 0.2) is 65.6 Å². The molecule has 0 fully saturated rings. The molecule has 200 valence electrons. The van der Waals surface area contributed by atoms with Gasteiger partial charge in [-0.1, -0.05) is 61.9 Å². The summed E-state index contributed by atoms with van der Waals surface area (Å²) in [5, 5.41) is 17.3. The van der Waals surface area contributed by atoms with Gasteiger partial charge in [0.1, 0.15) is 11.3 Å². The van der Waals surface area contributed by atoms with Crippen molar-refractivity contribution < 1.29 is 4.79 Å². The number of hydrogen-bond acceptors (Lipinski definition) is 6. The summed E-state index contributed by atoms with van der Waals surface area (Å²) in [5.74, 6) is 1.37. The van der Waals surface area contributed by atoms with Crippen LogP contribution in [0, 0.1) is 0 Å². The first-order valence-corrected chi connectivity index (χ1v) is 13.1. The summed E-state index contributed by atoms with van der Waals surface area (Å²) in [6, 6.07) is 17.4. The third-order valence-electron chi connectivity index (χ3n) is 6.45. The van der Waals surface area contributed by atoms with E-state index in [2.05, 4.69) is 32.9 Å². The van der Waals surface area contributed by atoms with E-state index in [0.29, 0.717) is 23.4 Å². The van der Waals surface area contributed by atoms with E-state index in [-0.39, 0.29) is 5.56 Å². The van der Waals surface area contributed by atoms with Crippen molar-refractivity contribution in [1.29, 1.82) is 0 Å². The van der Waals surface area contributed by atoms with Crippen LogP contribution in [0.2, 0.25) is 0 Å². The van der Waals surface area contributed by atoms with Gasteiger partial charge in [-0.2, -0.15) is 5.21 Å². The third kappa shape index (κ3) is 5.50. The molecule has 2 aromatic carbocycles. The summed E-state index contributed by atoms with van der Waals surface area (Å²) >= 11 is 0. The Labute approximate surface area is 226 Å². The molecule has 0 radical (unpaired) electrons. The number of imidazole rings is 1. The van der Waals surface area contributed by atoms with E-state index in [1.165, 1.54) is 6.20 Å². The Balaban J connectivity index is 1.52. The maximum absolute atomic E-state index is 13.6. The van der Waals surface area contributed by atoms with Gasteiger partial charge in [0.2, 0.25) is 5.82 Å². The third-order valence-corrected chi connectivity index (χ3v) is 6.45. The minimum absolute atomic E-state index is 0.379. The van der Waals surface area contributed by atoms with E-state index in [9.17, 15) is 9.59 Å². The number of carbonyl (C=O) groups is 1. The van der Waals surface area contributed by atoms with Crippen molar-refractivity contribution in [2.24, 2.45) is 0 Å². The maximum atomic E-state index is 13.6. The van der Waals surface area contributed by atoms with Crippen molar-refractivity contribution in [2.75, 3.05) is 0 Å². The molecular weight excluding hydrogens is 492 g/mol. The van der Waals surface area contributed by atoms with Crippen molar-refractivity contribution in [3.63, 3.8) is 0 Å². The van der Waals surface area contributed by atoms with Crippen LogP contribution in [0.5, 0.6) is 0 Å². The normalized spacial score (nSPS) is 11.7. The quantitative estimate of drug-likeness (QED) is 0.315. The zero-order valence-electron chi connectivity index (χ0n) is 22.6. The summed E-state index contributed by atoms with van der Waals surface area (Å²) < 4.78 is 3.09. The standard InChI is InChI=1S/C29H32N8O2/c1-5-6-11-24-30-23-16-17-36(28(39)31-29(2,3)4)27(38)25(23)37(24)18-19-12-14-20(15-13-19)21-9-7-8-10-22(21)26-32-34-35-33-26/h7-10,12-17H,5-6,11,18H2,1-4H3,(H,31,39)(H,32,33,34,35). The van der Waals surface area contributed by atoms with Crippen molar-refractivity contribution in [2.45, 2.75) is 59.0 Å². The predicted octanol–water partition coefficient (Wildman–Crippen LogP) is 4.79. The summed E-state index contributed by atoms with van der Waals surface area (Å²) in [6.07, 6.45) is 4.21. The molecule has 0 aliphatic heterocycles. The number of H-pyrrole nitrogens is 1. The molecule has 10 heteroatoms. The molecule has 0 aliphatic rings. The van der Waals surface area contributed by atoms with Gasteiger partial charge < -0.3 is 9.88 Å². The average molecular weight is 525 g/mol. The number of nitrogens with one attached hydrogen (secondary N) is 2. The zero-order valence-corrected chi connectivity index (χ0v) is 22.6. The van der Waals surface area contributed by atoms with Gasteiger partial charge in [0.05, 0.1) is 5.52 Å². The first kappa shape index (κ1) is 26.0. The summed E-state index contributed by atoms with van der Waals surface area (Å²) in [7, 11) is 0. The molecule has 5 aromatic rings. The van der Waals surface area contributed by atoms with Gasteiger partial charge in [-0.25, -0.2) is 14.3 Å². The molecule has 0 bridgehead atoms. The number of aromatic nitrogens is 7. The fourth-order valence-corrected chi connectivity index (χ4v) is 4.60. The van der Waals surface area contributed by atoms with Gasteiger partial charge in [0, 0.05) is 30.3 Å². The number of aromatic amines is 1. The Morgan fingerprint density at radius 2 is 1.77 bits per heavy atom. The highest BCUT2D eigenvalue weighted by Crippen LogP contribution is 2.30. The highest BCUT2D eigenvalue weighted by atomic mass is 16.2. The number of unbranched alkanes of at least 4 members (excludes halogenated alkanes) is 1. The van der Waals surface area contributed by atoms with Crippen LogP contribution in [0.4, 0.5) is 4.79 Å². The Hall–Kier alpha value is -4.60. The van der Waals surface area contributed by atoms with E-state index in [1.807, 2.05) is 73.9 Å². The minimum atomic E-state index is -0.470. The van der Waals surface area contributed by atoms with Crippen LogP contribution in [0.1, 0.15) is 51.9 Å². The van der Waals surface area contributed by atoms with Gasteiger partial charge in [-0.05, 0) is 55.2 Å². The van der Waals surface area contributed by atoms with Crippen molar-refractivity contribution in [3.8, 4) is 22.5 Å². The predicted molar refractivity (Wildman–Crippen MR) is 150 cm³/mol. The Kier molecular flexibility index (Phi) is 7.10. The molecule has 0 aliphatic carbocycles. The first-order chi connectivity index (χ1) is 18.7. The van der Waals surface area contributed by atoms with E-state index in [0.717, 1.165) is 51.9 Å². The zero-order chi connectivity index (χ0) is 27.6. The summed E-state index contributed by atoms with van der Waals surface area (Å²) in [6.45, 7) is 8.23. The molecule has 2 N–H and O–H groups in total. The molecule has 1 amide bonds. The molecule has 0 unspecified atom stereocenters. The number of hydrogen-bond donors (Lipinski definition) is 2. The monoisotopic (exact) mass is 524 g/mol. The Morgan fingerprint density at radius 3 is 2.44 bits per heavy atom. The fourth-order valence-electron chi connectivity index (χ4n) is 4.60. The molecule has 0 spiro atoms. The van der Waals surface area contributed by atoms with Gasteiger partial charge >= 0.3 is 6.03 Å². The van der Waals surface area contributed by atoms with E-state index in [1.54, 1.807) is 6.07 Å².